The minimum Gasteiger partial charge on any atom is -0.484 e. The van der Waals surface area contributed by atoms with E-state index < -0.39 is 11.7 Å². The molecule has 0 heterocycles. The van der Waals surface area contributed by atoms with Gasteiger partial charge in [0.2, 0.25) is 0 Å². The number of ether oxygens (including phenoxy) is 1. The fourth-order valence-electron chi connectivity index (χ4n) is 1.60. The monoisotopic (exact) mass is 320 g/mol. The lowest BCUT2D eigenvalue weighted by Gasteiger charge is -2.05. The molecule has 0 saturated carbocycles. The molecule has 0 atom stereocenters. The maximum absolute atomic E-state index is 12.9. The van der Waals surface area contributed by atoms with Crippen molar-refractivity contribution in [2.75, 3.05) is 6.61 Å². The molecule has 1 N–H and O–H groups in total. The zero-order valence-corrected chi connectivity index (χ0v) is 12.6. The van der Waals surface area contributed by atoms with Gasteiger partial charge in [0, 0.05) is 5.56 Å². The van der Waals surface area contributed by atoms with Gasteiger partial charge in [0.05, 0.1) is 11.2 Å². The Balaban J connectivity index is 1.82. The molecule has 4 nitrogen and oxygen atoms in total. The van der Waals surface area contributed by atoms with Crippen LogP contribution in [0.4, 0.5) is 4.39 Å². The number of carbonyl (C=O) groups is 1. The smallest absolute Gasteiger partial charge is 0.277 e. The van der Waals surface area contributed by atoms with Gasteiger partial charge in [0.1, 0.15) is 11.6 Å². The van der Waals surface area contributed by atoms with E-state index in [1.54, 1.807) is 12.1 Å². The Labute approximate surface area is 132 Å². The van der Waals surface area contributed by atoms with Gasteiger partial charge >= 0.3 is 0 Å². The number of nitrogens with zero attached hydrogens (tertiary/aromatic N) is 1. The number of rotatable bonds is 5. The molecule has 0 aliphatic heterocycles. The first-order chi connectivity index (χ1) is 10.5. The van der Waals surface area contributed by atoms with Gasteiger partial charge in [-0.1, -0.05) is 29.3 Å². The van der Waals surface area contributed by atoms with Crippen molar-refractivity contribution in [1.82, 2.24) is 5.43 Å². The third-order valence-corrected chi connectivity index (χ3v) is 3.07. The average molecular weight is 321 g/mol. The summed E-state index contributed by atoms with van der Waals surface area (Å²) in [5.74, 6) is -0.237. The van der Waals surface area contributed by atoms with Crippen LogP contribution in [0.1, 0.15) is 11.1 Å². The first-order valence-electron chi connectivity index (χ1n) is 6.51. The Morgan fingerprint density at radius 2 is 2.05 bits per heavy atom. The minimum absolute atomic E-state index is 0.155. The first-order valence-corrected chi connectivity index (χ1v) is 6.89. The molecule has 0 saturated heterocycles. The predicted molar refractivity (Wildman–Crippen MR) is 83.8 cm³/mol. The van der Waals surface area contributed by atoms with Crippen molar-refractivity contribution in [3.05, 3.63) is 64.4 Å². The van der Waals surface area contributed by atoms with E-state index in [4.69, 9.17) is 16.3 Å². The van der Waals surface area contributed by atoms with Crippen LogP contribution in [-0.2, 0) is 4.79 Å². The number of amides is 1. The predicted octanol–water partition coefficient (Wildman–Crippen LogP) is 3.32. The summed E-state index contributed by atoms with van der Waals surface area (Å²) in [5.41, 5.74) is 3.92. The number of nitrogens with one attached hydrogen (secondary N) is 1. The summed E-state index contributed by atoms with van der Waals surface area (Å²) in [6, 6.07) is 11.2. The Morgan fingerprint density at radius 3 is 2.73 bits per heavy atom. The Morgan fingerprint density at radius 1 is 1.32 bits per heavy atom. The standard InChI is InChI=1S/C16H14ClFN2O2/c1-11-2-6-14(7-3-11)22-10-16(21)20-19-9-12-4-5-13(18)8-15(12)17/h2-9H,10H2,1H3,(H,20,21)/b19-9+. The van der Waals surface area contributed by atoms with Gasteiger partial charge in [-0.15, -0.1) is 0 Å². The van der Waals surface area contributed by atoms with Crippen LogP contribution in [-0.4, -0.2) is 18.7 Å². The van der Waals surface area contributed by atoms with Gasteiger partial charge in [0.25, 0.3) is 5.91 Å². The summed E-state index contributed by atoms with van der Waals surface area (Å²) >= 11 is 5.83. The molecule has 2 aromatic carbocycles. The quantitative estimate of drug-likeness (QED) is 0.678. The molecule has 114 valence electrons. The summed E-state index contributed by atoms with van der Waals surface area (Å²) in [5, 5.41) is 3.96. The molecule has 2 rings (SSSR count). The Kier molecular flexibility index (Phi) is 5.49. The molecule has 0 bridgehead atoms. The van der Waals surface area contributed by atoms with Gasteiger partial charge in [-0.3, -0.25) is 4.79 Å². The second-order valence-electron chi connectivity index (χ2n) is 4.56. The summed E-state index contributed by atoms with van der Waals surface area (Å²) in [4.78, 5) is 11.6. The molecular formula is C16H14ClFN2O2. The van der Waals surface area contributed by atoms with Crippen LogP contribution in [0.3, 0.4) is 0 Å². The van der Waals surface area contributed by atoms with E-state index in [1.807, 2.05) is 19.1 Å². The van der Waals surface area contributed by atoms with E-state index in [0.29, 0.717) is 11.3 Å². The number of benzene rings is 2. The van der Waals surface area contributed by atoms with E-state index in [-0.39, 0.29) is 11.6 Å². The molecule has 0 aliphatic carbocycles. The SMILES string of the molecule is Cc1ccc(OCC(=O)N/N=C/c2ccc(F)cc2Cl)cc1. The minimum atomic E-state index is -0.433. The van der Waals surface area contributed by atoms with E-state index in [2.05, 4.69) is 10.5 Å². The van der Waals surface area contributed by atoms with E-state index in [0.717, 1.165) is 5.56 Å². The van der Waals surface area contributed by atoms with Crippen molar-refractivity contribution in [1.29, 1.82) is 0 Å². The maximum atomic E-state index is 12.9. The Bertz CT molecular complexity index is 687. The molecule has 0 unspecified atom stereocenters. The van der Waals surface area contributed by atoms with Crippen LogP contribution < -0.4 is 10.2 Å². The average Bonchev–Trinajstić information content (AvgIpc) is 2.49. The van der Waals surface area contributed by atoms with E-state index >= 15 is 0 Å². The van der Waals surface area contributed by atoms with E-state index in [1.165, 1.54) is 24.4 Å². The highest BCUT2D eigenvalue weighted by molar-refractivity contribution is 6.33. The molecule has 0 spiro atoms. The van der Waals surface area contributed by atoms with Crippen molar-refractivity contribution in [3.8, 4) is 5.75 Å². The van der Waals surface area contributed by atoms with Crippen LogP contribution >= 0.6 is 11.6 Å². The molecule has 6 heteroatoms. The summed E-state index contributed by atoms with van der Waals surface area (Å²) in [7, 11) is 0. The number of hydrogen-bond acceptors (Lipinski definition) is 3. The lowest BCUT2D eigenvalue weighted by molar-refractivity contribution is -0.123. The van der Waals surface area contributed by atoms with Gasteiger partial charge < -0.3 is 4.74 Å². The number of hydrazone groups is 1. The molecule has 0 radical (unpaired) electrons. The van der Waals surface area contributed by atoms with Gasteiger partial charge in [0.15, 0.2) is 6.61 Å². The normalized spacial score (nSPS) is 10.7. The van der Waals surface area contributed by atoms with Crippen LogP contribution in [0.5, 0.6) is 5.75 Å². The number of carbonyl (C=O) groups excluding carboxylic acids is 1. The lowest BCUT2D eigenvalue weighted by Crippen LogP contribution is -2.24. The Hall–Kier alpha value is -2.40. The summed E-state index contributed by atoms with van der Waals surface area (Å²) < 4.78 is 18.2. The molecule has 0 aromatic heterocycles. The zero-order valence-electron chi connectivity index (χ0n) is 11.8. The highest BCUT2D eigenvalue weighted by Crippen LogP contribution is 2.15. The van der Waals surface area contributed by atoms with Crippen LogP contribution in [0, 0.1) is 12.7 Å². The van der Waals surface area contributed by atoms with Crippen molar-refractivity contribution < 1.29 is 13.9 Å². The third kappa shape index (κ3) is 4.86. The molecule has 0 aliphatic rings. The van der Waals surface area contributed by atoms with Gasteiger partial charge in [-0.2, -0.15) is 5.10 Å². The second kappa shape index (κ2) is 7.56. The summed E-state index contributed by atoms with van der Waals surface area (Å²) in [6.45, 7) is 1.81. The number of hydrogen-bond donors (Lipinski definition) is 1. The molecule has 1 amide bonds. The summed E-state index contributed by atoms with van der Waals surface area (Å²) in [6.07, 6.45) is 1.34. The third-order valence-electron chi connectivity index (χ3n) is 2.75. The van der Waals surface area contributed by atoms with Crippen molar-refractivity contribution in [2.45, 2.75) is 6.92 Å². The molecule has 22 heavy (non-hydrogen) atoms. The number of aryl methyl sites for hydroxylation is 1. The van der Waals surface area contributed by atoms with E-state index in [9.17, 15) is 9.18 Å². The van der Waals surface area contributed by atoms with Gasteiger partial charge in [-0.25, -0.2) is 9.82 Å². The maximum Gasteiger partial charge on any atom is 0.277 e. The zero-order chi connectivity index (χ0) is 15.9. The largest absolute Gasteiger partial charge is 0.484 e. The second-order valence-corrected chi connectivity index (χ2v) is 4.97. The lowest BCUT2D eigenvalue weighted by atomic mass is 10.2. The number of halogens is 2. The first kappa shape index (κ1) is 16.0. The van der Waals surface area contributed by atoms with Crippen molar-refractivity contribution in [3.63, 3.8) is 0 Å². The fourth-order valence-corrected chi connectivity index (χ4v) is 1.81. The fraction of sp³-hybridized carbons (Fsp3) is 0.125. The van der Waals surface area contributed by atoms with Crippen molar-refractivity contribution >= 4 is 23.7 Å². The highest BCUT2D eigenvalue weighted by Gasteiger charge is 2.02. The molecular weight excluding hydrogens is 307 g/mol. The molecule has 0 fully saturated rings. The van der Waals surface area contributed by atoms with Crippen LogP contribution in [0.15, 0.2) is 47.6 Å². The van der Waals surface area contributed by atoms with Crippen LogP contribution in [0.25, 0.3) is 0 Å². The topological polar surface area (TPSA) is 50.7 Å². The highest BCUT2D eigenvalue weighted by atomic mass is 35.5. The van der Waals surface area contributed by atoms with Gasteiger partial charge in [-0.05, 0) is 37.3 Å². The van der Waals surface area contributed by atoms with Crippen molar-refractivity contribution in [2.24, 2.45) is 5.10 Å². The molecule has 2 aromatic rings. The van der Waals surface area contributed by atoms with Crippen LogP contribution in [0.2, 0.25) is 5.02 Å².